The van der Waals surface area contributed by atoms with Gasteiger partial charge in [0.2, 0.25) is 0 Å². The number of rotatable bonds is 5. The van der Waals surface area contributed by atoms with Crippen molar-refractivity contribution < 1.29 is 13.5 Å². The minimum atomic E-state index is -0.453. The Morgan fingerprint density at radius 1 is 1.19 bits per heavy atom. The molecule has 5 heteroatoms. The molecule has 0 bridgehead atoms. The van der Waals surface area contributed by atoms with Crippen molar-refractivity contribution in [3.63, 3.8) is 0 Å². The van der Waals surface area contributed by atoms with E-state index in [-0.39, 0.29) is 11.5 Å². The molecule has 0 amide bonds. The van der Waals surface area contributed by atoms with E-state index in [9.17, 15) is 8.78 Å². The number of halogens is 3. The van der Waals surface area contributed by atoms with Gasteiger partial charge >= 0.3 is 0 Å². The van der Waals surface area contributed by atoms with Crippen molar-refractivity contribution in [3.05, 3.63) is 58.1 Å². The van der Waals surface area contributed by atoms with Crippen molar-refractivity contribution in [2.24, 2.45) is 0 Å². The van der Waals surface area contributed by atoms with Crippen LogP contribution in [0.15, 0.2) is 40.9 Å². The summed E-state index contributed by atoms with van der Waals surface area (Å²) in [5, 5.41) is 3.32. The van der Waals surface area contributed by atoms with Crippen LogP contribution in [0.2, 0.25) is 0 Å². The molecule has 1 fully saturated rings. The largest absolute Gasteiger partial charge is 0.454 e. The highest BCUT2D eigenvalue weighted by Crippen LogP contribution is 2.31. The summed E-state index contributed by atoms with van der Waals surface area (Å²) in [7, 11) is 0. The van der Waals surface area contributed by atoms with E-state index in [1.165, 1.54) is 18.2 Å². The molecule has 1 aliphatic rings. The van der Waals surface area contributed by atoms with Crippen LogP contribution in [0, 0.1) is 11.6 Å². The smallest absolute Gasteiger partial charge is 0.167 e. The molecule has 1 aliphatic carbocycles. The lowest BCUT2D eigenvalue weighted by Gasteiger charge is -2.13. The number of hydrogen-bond acceptors (Lipinski definition) is 2. The molecule has 110 valence electrons. The van der Waals surface area contributed by atoms with E-state index in [2.05, 4.69) is 21.2 Å². The van der Waals surface area contributed by atoms with E-state index in [4.69, 9.17) is 4.74 Å². The van der Waals surface area contributed by atoms with Gasteiger partial charge in [0.15, 0.2) is 11.6 Å². The fourth-order valence-electron chi connectivity index (χ4n) is 2.05. The van der Waals surface area contributed by atoms with Crippen LogP contribution in [-0.2, 0) is 6.54 Å². The van der Waals surface area contributed by atoms with E-state index in [0.29, 0.717) is 17.1 Å². The topological polar surface area (TPSA) is 21.3 Å². The number of nitrogens with one attached hydrogen (secondary N) is 1. The van der Waals surface area contributed by atoms with Crippen LogP contribution in [0.5, 0.6) is 11.5 Å². The maximum atomic E-state index is 14.0. The molecule has 1 saturated carbocycles. The standard InChI is InChI=1S/C16H14BrF2NO/c17-11-6-12(18)8-14(7-11)21-16-10(2-1-3-15(16)19)9-20-13-4-5-13/h1-3,6-8,13,20H,4-5,9H2. The molecule has 0 heterocycles. The summed E-state index contributed by atoms with van der Waals surface area (Å²) in [6.07, 6.45) is 2.31. The second-order valence-corrected chi connectivity index (χ2v) is 6.01. The first-order valence-corrected chi connectivity index (χ1v) is 7.56. The summed E-state index contributed by atoms with van der Waals surface area (Å²) >= 11 is 3.20. The average Bonchev–Trinajstić information content (AvgIpc) is 3.22. The van der Waals surface area contributed by atoms with Crippen molar-refractivity contribution in [1.82, 2.24) is 5.32 Å². The second-order valence-electron chi connectivity index (χ2n) is 5.09. The highest BCUT2D eigenvalue weighted by molar-refractivity contribution is 9.10. The summed E-state index contributed by atoms with van der Waals surface area (Å²) in [5.74, 6) is -0.485. The molecule has 2 aromatic rings. The zero-order chi connectivity index (χ0) is 14.8. The van der Waals surface area contributed by atoms with Crippen LogP contribution in [0.4, 0.5) is 8.78 Å². The molecule has 0 atom stereocenters. The third-order valence-electron chi connectivity index (χ3n) is 3.26. The van der Waals surface area contributed by atoms with E-state index in [0.717, 1.165) is 18.4 Å². The molecule has 0 aromatic heterocycles. The van der Waals surface area contributed by atoms with E-state index in [1.54, 1.807) is 12.1 Å². The predicted molar refractivity (Wildman–Crippen MR) is 80.4 cm³/mol. The highest BCUT2D eigenvalue weighted by atomic mass is 79.9. The van der Waals surface area contributed by atoms with Gasteiger partial charge in [-0.3, -0.25) is 0 Å². The molecule has 0 aliphatic heterocycles. The average molecular weight is 354 g/mol. The van der Waals surface area contributed by atoms with Crippen LogP contribution in [-0.4, -0.2) is 6.04 Å². The van der Waals surface area contributed by atoms with Gasteiger partial charge < -0.3 is 10.1 Å². The first kappa shape index (κ1) is 14.5. The van der Waals surface area contributed by atoms with Gasteiger partial charge in [0.05, 0.1) is 0 Å². The SMILES string of the molecule is Fc1cc(Br)cc(Oc2c(F)cccc2CNC2CC2)c1. The van der Waals surface area contributed by atoms with Crippen LogP contribution < -0.4 is 10.1 Å². The monoisotopic (exact) mass is 353 g/mol. The first-order valence-electron chi connectivity index (χ1n) is 6.76. The number of para-hydroxylation sites is 1. The molecule has 0 radical (unpaired) electrons. The first-order chi connectivity index (χ1) is 10.1. The fraction of sp³-hybridized carbons (Fsp3) is 0.250. The quantitative estimate of drug-likeness (QED) is 0.835. The Hall–Kier alpha value is -1.46. The van der Waals surface area contributed by atoms with Crippen LogP contribution in [0.1, 0.15) is 18.4 Å². The van der Waals surface area contributed by atoms with Gasteiger partial charge in [-0.2, -0.15) is 0 Å². The minimum Gasteiger partial charge on any atom is -0.454 e. The molecule has 3 rings (SSSR count). The zero-order valence-electron chi connectivity index (χ0n) is 11.2. The molecule has 0 unspecified atom stereocenters. The van der Waals surface area contributed by atoms with Crippen LogP contribution in [0.25, 0.3) is 0 Å². The molecule has 21 heavy (non-hydrogen) atoms. The normalized spacial score (nSPS) is 14.2. The fourth-order valence-corrected chi connectivity index (χ4v) is 2.50. The zero-order valence-corrected chi connectivity index (χ0v) is 12.8. The molecule has 0 saturated heterocycles. The van der Waals surface area contributed by atoms with E-state index >= 15 is 0 Å². The summed E-state index contributed by atoms with van der Waals surface area (Å²) in [5.41, 5.74) is 0.724. The molecular weight excluding hydrogens is 340 g/mol. The Balaban J connectivity index is 1.85. The summed E-state index contributed by atoms with van der Waals surface area (Å²) in [6, 6.07) is 9.47. The van der Waals surface area contributed by atoms with Gasteiger partial charge in [0.1, 0.15) is 11.6 Å². The third kappa shape index (κ3) is 3.80. The lowest BCUT2D eigenvalue weighted by molar-refractivity contribution is 0.430. The maximum Gasteiger partial charge on any atom is 0.167 e. The third-order valence-corrected chi connectivity index (χ3v) is 3.72. The van der Waals surface area contributed by atoms with Gasteiger partial charge in [-0.1, -0.05) is 28.1 Å². The van der Waals surface area contributed by atoms with Crippen molar-refractivity contribution >= 4 is 15.9 Å². The number of hydrogen-bond donors (Lipinski definition) is 1. The molecule has 2 aromatic carbocycles. The van der Waals surface area contributed by atoms with Crippen molar-refractivity contribution in [2.45, 2.75) is 25.4 Å². The lowest BCUT2D eigenvalue weighted by Crippen LogP contribution is -2.16. The van der Waals surface area contributed by atoms with E-state index in [1.807, 2.05) is 6.07 Å². The van der Waals surface area contributed by atoms with Gasteiger partial charge in [0, 0.05) is 28.7 Å². The molecule has 2 nitrogen and oxygen atoms in total. The summed E-state index contributed by atoms with van der Waals surface area (Å²) in [4.78, 5) is 0. The van der Waals surface area contributed by atoms with Gasteiger partial charge in [-0.25, -0.2) is 8.78 Å². The van der Waals surface area contributed by atoms with Crippen LogP contribution >= 0.6 is 15.9 Å². The summed E-state index contributed by atoms with van der Waals surface area (Å²) < 4.78 is 33.5. The number of benzene rings is 2. The van der Waals surface area contributed by atoms with Crippen molar-refractivity contribution in [1.29, 1.82) is 0 Å². The lowest BCUT2D eigenvalue weighted by atomic mass is 10.2. The Morgan fingerprint density at radius 3 is 2.71 bits per heavy atom. The molecule has 1 N–H and O–H groups in total. The Kier molecular flexibility index (Phi) is 4.22. The Labute approximate surface area is 130 Å². The molecule has 0 spiro atoms. The Morgan fingerprint density at radius 2 is 2.00 bits per heavy atom. The summed E-state index contributed by atoms with van der Waals surface area (Å²) in [6.45, 7) is 0.536. The maximum absolute atomic E-state index is 14.0. The minimum absolute atomic E-state index is 0.142. The Bertz CT molecular complexity index is 638. The van der Waals surface area contributed by atoms with Gasteiger partial charge in [0.25, 0.3) is 0 Å². The van der Waals surface area contributed by atoms with E-state index < -0.39 is 11.6 Å². The second kappa shape index (κ2) is 6.12. The highest BCUT2D eigenvalue weighted by Gasteiger charge is 2.21. The van der Waals surface area contributed by atoms with Crippen molar-refractivity contribution in [2.75, 3.05) is 0 Å². The van der Waals surface area contributed by atoms with Crippen LogP contribution in [0.3, 0.4) is 0 Å². The van der Waals surface area contributed by atoms with Gasteiger partial charge in [-0.05, 0) is 31.0 Å². The predicted octanol–water partition coefficient (Wildman–Crippen LogP) is 4.77. The molecular formula is C16H14BrF2NO. The van der Waals surface area contributed by atoms with Crippen molar-refractivity contribution in [3.8, 4) is 11.5 Å². The number of ether oxygens (including phenoxy) is 1. The van der Waals surface area contributed by atoms with Gasteiger partial charge in [-0.15, -0.1) is 0 Å².